The first-order valence-corrected chi connectivity index (χ1v) is 8.22. The molecule has 0 bridgehead atoms. The van der Waals surface area contributed by atoms with Crippen molar-refractivity contribution in [3.05, 3.63) is 67.1 Å². The van der Waals surface area contributed by atoms with E-state index in [9.17, 15) is 14.9 Å². The lowest BCUT2D eigenvalue weighted by molar-refractivity contribution is -0.385. The van der Waals surface area contributed by atoms with Crippen molar-refractivity contribution >= 4 is 46.4 Å². The Hall–Kier alpha value is -2.02. The second-order valence-corrected chi connectivity index (χ2v) is 6.39. The Morgan fingerprint density at radius 1 is 1.20 bits per heavy atom. The molecule has 132 valence electrons. The summed E-state index contributed by atoms with van der Waals surface area (Å²) in [7, 11) is 0. The molecule has 6 nitrogen and oxygen atoms in total. The van der Waals surface area contributed by atoms with Crippen LogP contribution in [0.3, 0.4) is 0 Å². The van der Waals surface area contributed by atoms with Gasteiger partial charge in [-0.1, -0.05) is 40.9 Å². The molecule has 25 heavy (non-hydrogen) atoms. The predicted molar refractivity (Wildman–Crippen MR) is 96.6 cm³/mol. The van der Waals surface area contributed by atoms with E-state index in [-0.39, 0.29) is 22.5 Å². The number of hydrogen-bond donors (Lipinski definition) is 1. The summed E-state index contributed by atoms with van der Waals surface area (Å²) in [6, 6.07) is 8.51. The summed E-state index contributed by atoms with van der Waals surface area (Å²) in [6.07, 6.45) is 0. The molecule has 1 amide bonds. The predicted octanol–water partition coefficient (Wildman–Crippen LogP) is 4.81. The fourth-order valence-corrected chi connectivity index (χ4v) is 2.85. The smallest absolute Gasteiger partial charge is 0.312 e. The number of carbonyl (C=O) groups is 1. The van der Waals surface area contributed by atoms with Crippen LogP contribution in [0.1, 0.15) is 18.5 Å². The Morgan fingerprint density at radius 3 is 2.48 bits per heavy atom. The Labute approximate surface area is 158 Å². The van der Waals surface area contributed by atoms with Crippen LogP contribution in [0, 0.1) is 10.1 Å². The van der Waals surface area contributed by atoms with Crippen LogP contribution < -0.4 is 10.1 Å². The summed E-state index contributed by atoms with van der Waals surface area (Å²) in [5.74, 6) is -0.496. The van der Waals surface area contributed by atoms with Crippen LogP contribution >= 0.6 is 34.8 Å². The second kappa shape index (κ2) is 8.38. The number of hydrogen-bond acceptors (Lipinski definition) is 4. The number of nitrogens with one attached hydrogen (secondary N) is 1. The van der Waals surface area contributed by atoms with Crippen LogP contribution in [0.4, 0.5) is 5.69 Å². The van der Waals surface area contributed by atoms with Crippen molar-refractivity contribution in [2.24, 2.45) is 0 Å². The molecule has 0 heterocycles. The number of halogens is 3. The largest absolute Gasteiger partial charge is 0.477 e. The molecule has 0 aromatic heterocycles. The Balaban J connectivity index is 2.00. The fourth-order valence-electron chi connectivity index (χ4n) is 2.11. The molecular formula is C16H13Cl3N2O4. The minimum absolute atomic E-state index is 0.0401. The van der Waals surface area contributed by atoms with Crippen molar-refractivity contribution < 1.29 is 14.5 Å². The maximum atomic E-state index is 12.0. The molecule has 0 saturated carbocycles. The summed E-state index contributed by atoms with van der Waals surface area (Å²) in [6.45, 7) is 1.36. The number of nitrogens with zero attached hydrogens (tertiary/aromatic N) is 1. The third-order valence-electron chi connectivity index (χ3n) is 3.28. The summed E-state index contributed by atoms with van der Waals surface area (Å²) < 4.78 is 5.23. The second-order valence-electron chi connectivity index (χ2n) is 5.11. The zero-order valence-electron chi connectivity index (χ0n) is 13.0. The maximum Gasteiger partial charge on any atom is 0.312 e. The van der Waals surface area contributed by atoms with Gasteiger partial charge in [0.25, 0.3) is 5.91 Å². The topological polar surface area (TPSA) is 81.5 Å². The molecule has 0 aliphatic rings. The van der Waals surface area contributed by atoms with Gasteiger partial charge in [-0.25, -0.2) is 0 Å². The number of ether oxygens (including phenoxy) is 1. The summed E-state index contributed by atoms with van der Waals surface area (Å²) in [5.41, 5.74) is 0.381. The lowest BCUT2D eigenvalue weighted by Crippen LogP contribution is -2.31. The highest BCUT2D eigenvalue weighted by molar-refractivity contribution is 6.35. The van der Waals surface area contributed by atoms with Crippen LogP contribution in [0.15, 0.2) is 36.4 Å². The first-order chi connectivity index (χ1) is 11.8. The Kier molecular flexibility index (Phi) is 6.47. The van der Waals surface area contributed by atoms with Crippen molar-refractivity contribution in [3.8, 4) is 5.75 Å². The molecule has 2 rings (SSSR count). The number of rotatable bonds is 6. The third kappa shape index (κ3) is 5.22. The van der Waals surface area contributed by atoms with Gasteiger partial charge in [-0.3, -0.25) is 14.9 Å². The van der Waals surface area contributed by atoms with Gasteiger partial charge in [0.1, 0.15) is 0 Å². The lowest BCUT2D eigenvalue weighted by Gasteiger charge is -2.16. The molecular weight excluding hydrogens is 391 g/mol. The summed E-state index contributed by atoms with van der Waals surface area (Å²) in [5, 5.41) is 14.8. The maximum absolute atomic E-state index is 12.0. The molecule has 0 radical (unpaired) electrons. The fraction of sp³-hybridized carbons (Fsp3) is 0.188. The van der Waals surface area contributed by atoms with Gasteiger partial charge in [0.2, 0.25) is 0 Å². The minimum atomic E-state index is -0.630. The van der Waals surface area contributed by atoms with Crippen LogP contribution in [-0.4, -0.2) is 17.4 Å². The molecule has 2 aromatic rings. The molecule has 0 aliphatic carbocycles. The molecule has 1 atom stereocenters. The van der Waals surface area contributed by atoms with E-state index in [2.05, 4.69) is 5.32 Å². The number of nitro benzene ring substituents is 1. The molecule has 1 unspecified atom stereocenters. The number of amides is 1. The Morgan fingerprint density at radius 2 is 1.84 bits per heavy atom. The average Bonchev–Trinajstić information content (AvgIpc) is 2.53. The quantitative estimate of drug-likeness (QED) is 0.554. The molecule has 0 saturated heterocycles. The molecule has 1 N–H and O–H groups in total. The number of benzene rings is 2. The molecule has 0 fully saturated rings. The van der Waals surface area contributed by atoms with E-state index in [1.54, 1.807) is 25.1 Å². The average molecular weight is 404 g/mol. The zero-order chi connectivity index (χ0) is 18.6. The monoisotopic (exact) mass is 402 g/mol. The lowest BCUT2D eigenvalue weighted by atomic mass is 10.1. The van der Waals surface area contributed by atoms with Crippen LogP contribution in [0.25, 0.3) is 0 Å². The van der Waals surface area contributed by atoms with Gasteiger partial charge in [-0.05, 0) is 36.8 Å². The van der Waals surface area contributed by atoms with E-state index in [0.717, 1.165) is 6.07 Å². The van der Waals surface area contributed by atoms with Gasteiger partial charge in [0.05, 0.1) is 11.0 Å². The third-order valence-corrected chi connectivity index (χ3v) is 4.08. The van der Waals surface area contributed by atoms with Gasteiger partial charge < -0.3 is 10.1 Å². The first-order valence-electron chi connectivity index (χ1n) is 7.09. The SMILES string of the molecule is CC(NC(=O)COc1ccc(Cl)cc1[N+](=O)[O-])c1ccc(Cl)cc1Cl. The number of carbonyl (C=O) groups excluding carboxylic acids is 1. The molecule has 2 aromatic carbocycles. The Bertz CT molecular complexity index is 814. The summed E-state index contributed by atoms with van der Waals surface area (Å²) >= 11 is 17.7. The van der Waals surface area contributed by atoms with Crippen molar-refractivity contribution in [1.82, 2.24) is 5.32 Å². The highest BCUT2D eigenvalue weighted by Gasteiger charge is 2.18. The van der Waals surface area contributed by atoms with E-state index in [4.69, 9.17) is 39.5 Å². The normalized spacial score (nSPS) is 11.7. The van der Waals surface area contributed by atoms with Gasteiger partial charge in [-0.15, -0.1) is 0 Å². The van der Waals surface area contributed by atoms with Crippen molar-refractivity contribution in [2.45, 2.75) is 13.0 Å². The van der Waals surface area contributed by atoms with Crippen LogP contribution in [-0.2, 0) is 4.79 Å². The first kappa shape index (κ1) is 19.3. The zero-order valence-corrected chi connectivity index (χ0v) is 15.2. The minimum Gasteiger partial charge on any atom is -0.477 e. The molecule has 0 spiro atoms. The van der Waals surface area contributed by atoms with Crippen molar-refractivity contribution in [1.29, 1.82) is 0 Å². The van der Waals surface area contributed by atoms with E-state index in [0.29, 0.717) is 15.6 Å². The highest BCUT2D eigenvalue weighted by Crippen LogP contribution is 2.30. The van der Waals surface area contributed by atoms with Gasteiger partial charge in [0, 0.05) is 21.1 Å². The van der Waals surface area contributed by atoms with E-state index < -0.39 is 17.4 Å². The van der Waals surface area contributed by atoms with Crippen LogP contribution in [0.2, 0.25) is 15.1 Å². The summed E-state index contributed by atoms with van der Waals surface area (Å²) in [4.78, 5) is 22.4. The number of nitro groups is 1. The molecule has 9 heteroatoms. The van der Waals surface area contributed by atoms with E-state index in [1.165, 1.54) is 12.1 Å². The van der Waals surface area contributed by atoms with Gasteiger partial charge >= 0.3 is 5.69 Å². The van der Waals surface area contributed by atoms with E-state index >= 15 is 0 Å². The van der Waals surface area contributed by atoms with Gasteiger partial charge in [0.15, 0.2) is 12.4 Å². The van der Waals surface area contributed by atoms with E-state index in [1.807, 2.05) is 0 Å². The van der Waals surface area contributed by atoms with Crippen LogP contribution in [0.5, 0.6) is 5.75 Å². The standard InChI is InChI=1S/C16H13Cl3N2O4/c1-9(12-4-2-10(17)6-13(12)19)20-16(22)8-25-15-5-3-11(18)7-14(15)21(23)24/h2-7,9H,8H2,1H3,(H,20,22). The van der Waals surface area contributed by atoms with Gasteiger partial charge in [-0.2, -0.15) is 0 Å². The highest BCUT2D eigenvalue weighted by atomic mass is 35.5. The van der Waals surface area contributed by atoms with Crippen molar-refractivity contribution in [3.63, 3.8) is 0 Å². The van der Waals surface area contributed by atoms with Crippen molar-refractivity contribution in [2.75, 3.05) is 6.61 Å². The molecule has 0 aliphatic heterocycles.